The fraction of sp³-hybridized carbons (Fsp3) is 0.217. The maximum atomic E-state index is 12.4. The van der Waals surface area contributed by atoms with Gasteiger partial charge in [-0.3, -0.25) is 4.79 Å². The van der Waals surface area contributed by atoms with Gasteiger partial charge in [-0.1, -0.05) is 42.1 Å². The number of hydrogen-bond donors (Lipinski definition) is 1. The molecule has 2 aromatic heterocycles. The van der Waals surface area contributed by atoms with Crippen molar-refractivity contribution in [3.63, 3.8) is 0 Å². The molecule has 4 aromatic rings. The second-order valence-electron chi connectivity index (χ2n) is 7.36. The number of carbonyl (C=O) groups is 1. The van der Waals surface area contributed by atoms with Crippen LogP contribution in [0.15, 0.2) is 76.6 Å². The van der Waals surface area contributed by atoms with E-state index in [1.54, 1.807) is 0 Å². The van der Waals surface area contributed by atoms with Gasteiger partial charge in [0.25, 0.3) is 5.22 Å². The van der Waals surface area contributed by atoms with E-state index < -0.39 is 0 Å². The Morgan fingerprint density at radius 3 is 2.53 bits per heavy atom. The first-order valence-corrected chi connectivity index (χ1v) is 11.4. The highest BCUT2D eigenvalue weighted by Gasteiger charge is 2.19. The third kappa shape index (κ3) is 4.67. The quantitative estimate of drug-likeness (QED) is 0.449. The van der Waals surface area contributed by atoms with Crippen LogP contribution in [0.25, 0.3) is 11.1 Å². The summed E-state index contributed by atoms with van der Waals surface area (Å²) in [6, 6.07) is 19.8. The summed E-state index contributed by atoms with van der Waals surface area (Å²) >= 11 is 1.25. The number of fused-ring (bicyclic) bond motifs is 1. The zero-order chi connectivity index (χ0) is 21.8. The Morgan fingerprint density at radius 1 is 0.969 bits per heavy atom. The van der Waals surface area contributed by atoms with Crippen LogP contribution in [0.5, 0.6) is 0 Å². The average Bonchev–Trinajstić information content (AvgIpc) is 3.27. The van der Waals surface area contributed by atoms with Crippen LogP contribution in [0, 0.1) is 0 Å². The summed E-state index contributed by atoms with van der Waals surface area (Å²) in [4.78, 5) is 30.0. The molecule has 32 heavy (non-hydrogen) atoms. The fourth-order valence-corrected chi connectivity index (χ4v) is 4.28. The van der Waals surface area contributed by atoms with Gasteiger partial charge in [0, 0.05) is 37.9 Å². The van der Waals surface area contributed by atoms with E-state index in [1.807, 2.05) is 36.4 Å². The van der Waals surface area contributed by atoms with Crippen molar-refractivity contribution < 1.29 is 9.21 Å². The molecule has 0 bridgehead atoms. The molecule has 1 aliphatic heterocycles. The normalized spacial score (nSPS) is 14.0. The van der Waals surface area contributed by atoms with Crippen molar-refractivity contribution in [3.05, 3.63) is 67.0 Å². The highest BCUT2D eigenvalue weighted by molar-refractivity contribution is 7.99. The Labute approximate surface area is 189 Å². The molecule has 9 heteroatoms. The van der Waals surface area contributed by atoms with Gasteiger partial charge in [-0.25, -0.2) is 15.0 Å². The van der Waals surface area contributed by atoms with Gasteiger partial charge in [-0.2, -0.15) is 0 Å². The molecular weight excluding hydrogens is 424 g/mol. The Bertz CT molecular complexity index is 1170. The molecule has 0 atom stereocenters. The van der Waals surface area contributed by atoms with Crippen LogP contribution in [-0.4, -0.2) is 52.8 Å². The second-order valence-corrected chi connectivity index (χ2v) is 8.28. The van der Waals surface area contributed by atoms with Gasteiger partial charge in [0.2, 0.25) is 5.91 Å². The first kappa shape index (κ1) is 20.3. The molecule has 8 nitrogen and oxygen atoms in total. The van der Waals surface area contributed by atoms with Gasteiger partial charge >= 0.3 is 0 Å². The Hall–Kier alpha value is -3.59. The van der Waals surface area contributed by atoms with Crippen LogP contribution >= 0.6 is 11.8 Å². The number of anilines is 3. The Morgan fingerprint density at radius 2 is 1.72 bits per heavy atom. The molecule has 0 radical (unpaired) electrons. The highest BCUT2D eigenvalue weighted by atomic mass is 32.2. The van der Waals surface area contributed by atoms with Gasteiger partial charge in [-0.05, 0) is 24.3 Å². The van der Waals surface area contributed by atoms with Crippen molar-refractivity contribution in [3.8, 4) is 0 Å². The second kappa shape index (κ2) is 9.27. The molecule has 1 N–H and O–H groups in total. The minimum atomic E-state index is -0.171. The summed E-state index contributed by atoms with van der Waals surface area (Å²) in [5.41, 5.74) is 2.73. The van der Waals surface area contributed by atoms with E-state index in [0.717, 1.165) is 37.5 Å². The molecule has 0 unspecified atom stereocenters. The number of benzene rings is 2. The topological polar surface area (TPSA) is 87.4 Å². The molecule has 162 valence electrons. The minimum absolute atomic E-state index is 0.171. The number of hydrogen-bond acceptors (Lipinski definition) is 8. The summed E-state index contributed by atoms with van der Waals surface area (Å²) in [7, 11) is 0. The lowest BCUT2D eigenvalue weighted by molar-refractivity contribution is -0.113. The standard InChI is InChI=1S/C23H22N6O2S/c30-22(15-32-23-26-18-8-4-5-9-19(18)31-23)27-20-14-21(25-16-24-20)29-12-10-28(11-13-29)17-6-2-1-3-7-17/h1-9,14,16H,10-13,15H2,(H,24,25,27,30). The number of para-hydroxylation sites is 3. The van der Waals surface area contributed by atoms with E-state index in [0.29, 0.717) is 16.6 Å². The van der Waals surface area contributed by atoms with Crippen molar-refractivity contribution in [1.82, 2.24) is 15.0 Å². The molecular formula is C23H22N6O2S. The third-order valence-electron chi connectivity index (χ3n) is 5.25. The van der Waals surface area contributed by atoms with Gasteiger partial charge in [-0.15, -0.1) is 0 Å². The van der Waals surface area contributed by atoms with Crippen LogP contribution < -0.4 is 15.1 Å². The maximum Gasteiger partial charge on any atom is 0.257 e. The van der Waals surface area contributed by atoms with E-state index in [9.17, 15) is 4.79 Å². The lowest BCUT2D eigenvalue weighted by Gasteiger charge is -2.36. The van der Waals surface area contributed by atoms with Crippen LogP contribution in [-0.2, 0) is 4.79 Å². The highest BCUT2D eigenvalue weighted by Crippen LogP contribution is 2.24. The fourth-order valence-electron chi connectivity index (χ4n) is 3.64. The lowest BCUT2D eigenvalue weighted by atomic mass is 10.2. The minimum Gasteiger partial charge on any atom is -0.431 e. The molecule has 0 spiro atoms. The van der Waals surface area contributed by atoms with Gasteiger partial charge in [0.15, 0.2) is 5.58 Å². The summed E-state index contributed by atoms with van der Waals surface area (Å²) in [6.45, 7) is 3.54. The molecule has 1 saturated heterocycles. The van der Waals surface area contributed by atoms with Crippen molar-refractivity contribution in [2.75, 3.05) is 47.0 Å². The maximum absolute atomic E-state index is 12.4. The molecule has 0 saturated carbocycles. The number of rotatable bonds is 6. The number of thioether (sulfide) groups is 1. The van der Waals surface area contributed by atoms with E-state index in [2.05, 4.69) is 54.3 Å². The molecule has 1 amide bonds. The van der Waals surface area contributed by atoms with Crippen molar-refractivity contribution >= 4 is 46.1 Å². The van der Waals surface area contributed by atoms with Crippen LogP contribution in [0.4, 0.5) is 17.3 Å². The summed E-state index contributed by atoms with van der Waals surface area (Å²) < 4.78 is 5.64. The Kier molecular flexibility index (Phi) is 5.89. The first-order chi connectivity index (χ1) is 15.7. The number of oxazole rings is 1. The van der Waals surface area contributed by atoms with E-state index in [4.69, 9.17) is 4.42 Å². The van der Waals surface area contributed by atoms with Crippen LogP contribution in [0.2, 0.25) is 0 Å². The summed E-state index contributed by atoms with van der Waals surface area (Å²) in [6.07, 6.45) is 1.49. The predicted molar refractivity (Wildman–Crippen MR) is 126 cm³/mol. The molecule has 1 fully saturated rings. The number of nitrogens with zero attached hydrogens (tertiary/aromatic N) is 5. The molecule has 3 heterocycles. The zero-order valence-electron chi connectivity index (χ0n) is 17.3. The molecule has 5 rings (SSSR count). The van der Waals surface area contributed by atoms with Gasteiger partial charge in [0.05, 0.1) is 5.75 Å². The third-order valence-corrected chi connectivity index (χ3v) is 6.07. The van der Waals surface area contributed by atoms with E-state index in [1.165, 1.54) is 23.8 Å². The van der Waals surface area contributed by atoms with Crippen LogP contribution in [0.3, 0.4) is 0 Å². The van der Waals surface area contributed by atoms with Crippen molar-refractivity contribution in [2.45, 2.75) is 5.22 Å². The summed E-state index contributed by atoms with van der Waals surface area (Å²) in [5.74, 6) is 1.32. The smallest absolute Gasteiger partial charge is 0.257 e. The van der Waals surface area contributed by atoms with E-state index in [-0.39, 0.29) is 11.7 Å². The largest absolute Gasteiger partial charge is 0.431 e. The average molecular weight is 447 g/mol. The predicted octanol–water partition coefficient (Wildman–Crippen LogP) is 3.68. The number of nitrogens with one attached hydrogen (secondary N) is 1. The van der Waals surface area contributed by atoms with Gasteiger partial charge in [0.1, 0.15) is 23.5 Å². The zero-order valence-corrected chi connectivity index (χ0v) is 18.2. The molecule has 2 aromatic carbocycles. The van der Waals surface area contributed by atoms with Crippen LogP contribution in [0.1, 0.15) is 0 Å². The van der Waals surface area contributed by atoms with Crippen molar-refractivity contribution in [1.29, 1.82) is 0 Å². The number of amides is 1. The van der Waals surface area contributed by atoms with Gasteiger partial charge < -0.3 is 19.5 Å². The monoisotopic (exact) mass is 446 g/mol. The van der Waals surface area contributed by atoms with E-state index >= 15 is 0 Å². The lowest BCUT2D eigenvalue weighted by Crippen LogP contribution is -2.46. The summed E-state index contributed by atoms with van der Waals surface area (Å²) in [5, 5.41) is 3.32. The first-order valence-electron chi connectivity index (χ1n) is 10.4. The molecule has 0 aliphatic carbocycles. The SMILES string of the molecule is O=C(CSc1nc2ccccc2o1)Nc1cc(N2CCN(c3ccccc3)CC2)ncn1. The molecule has 1 aliphatic rings. The number of carbonyl (C=O) groups excluding carboxylic acids is 1. The van der Waals surface area contributed by atoms with Crippen molar-refractivity contribution in [2.24, 2.45) is 0 Å². The number of aromatic nitrogens is 3. The Balaban J connectivity index is 1.16. The number of piperazine rings is 1.